The van der Waals surface area contributed by atoms with Crippen LogP contribution in [0, 0.1) is 0 Å². The Balaban J connectivity index is 1.85. The maximum Gasteiger partial charge on any atom is 0.346 e. The lowest BCUT2D eigenvalue weighted by molar-refractivity contribution is -0.147. The van der Waals surface area contributed by atoms with Crippen LogP contribution < -0.4 is 18.9 Å². The van der Waals surface area contributed by atoms with Crippen LogP contribution in [0.5, 0.6) is 23.0 Å². The number of fused-ring (bicyclic) bond motifs is 1. The fraction of sp³-hybridized carbons (Fsp3) is 0.238. The quantitative estimate of drug-likeness (QED) is 0.559. The first-order valence-electron chi connectivity index (χ1n) is 8.51. The average molecular weight is 384 g/mol. The fourth-order valence-corrected chi connectivity index (χ4v) is 2.72. The standard InChI is InChI=1S/C21H20O7/c1-12(21(23)26-4)27-16-8-5-13(9-18(16)25-3)10-19-20(22)15-7-6-14(24-2)11-17(15)28-19/h5-12H,1-4H3/t12-/m0/s1. The van der Waals surface area contributed by atoms with Crippen LogP contribution >= 0.6 is 0 Å². The molecule has 1 aliphatic heterocycles. The fourth-order valence-electron chi connectivity index (χ4n) is 2.72. The molecule has 2 aromatic rings. The van der Waals surface area contributed by atoms with Crippen LogP contribution in [0.3, 0.4) is 0 Å². The molecule has 0 fully saturated rings. The van der Waals surface area contributed by atoms with Crippen molar-refractivity contribution in [3.8, 4) is 23.0 Å². The molecule has 0 aromatic heterocycles. The van der Waals surface area contributed by atoms with Gasteiger partial charge in [-0.1, -0.05) is 6.07 Å². The third kappa shape index (κ3) is 3.78. The van der Waals surface area contributed by atoms with E-state index in [9.17, 15) is 9.59 Å². The lowest BCUT2D eigenvalue weighted by atomic mass is 10.1. The normalized spacial score (nSPS) is 14.9. The number of Topliss-reactive ketones (excluding diaryl/α,β-unsaturated/α-hetero) is 1. The van der Waals surface area contributed by atoms with Gasteiger partial charge in [-0.2, -0.15) is 0 Å². The van der Waals surface area contributed by atoms with E-state index in [1.54, 1.807) is 56.5 Å². The van der Waals surface area contributed by atoms with Crippen molar-refractivity contribution in [2.75, 3.05) is 21.3 Å². The molecule has 0 N–H and O–H groups in total. The van der Waals surface area contributed by atoms with Gasteiger partial charge in [0.15, 0.2) is 23.4 Å². The minimum Gasteiger partial charge on any atom is -0.497 e. The third-order valence-electron chi connectivity index (χ3n) is 4.20. The third-order valence-corrected chi connectivity index (χ3v) is 4.20. The van der Waals surface area contributed by atoms with Gasteiger partial charge < -0.3 is 23.7 Å². The molecule has 28 heavy (non-hydrogen) atoms. The lowest BCUT2D eigenvalue weighted by Gasteiger charge is -2.15. The topological polar surface area (TPSA) is 80.3 Å². The summed E-state index contributed by atoms with van der Waals surface area (Å²) in [4.78, 5) is 24.1. The SMILES string of the molecule is COC(=O)[C@H](C)Oc1ccc(C=C2Oc3cc(OC)ccc3C2=O)cc1OC. The van der Waals surface area contributed by atoms with Crippen molar-refractivity contribution in [2.45, 2.75) is 13.0 Å². The number of allylic oxidation sites excluding steroid dienone is 1. The van der Waals surface area contributed by atoms with Gasteiger partial charge in [0.05, 0.1) is 26.9 Å². The molecule has 0 saturated heterocycles. The van der Waals surface area contributed by atoms with Crippen molar-refractivity contribution in [3.05, 3.63) is 53.3 Å². The molecule has 0 spiro atoms. The van der Waals surface area contributed by atoms with E-state index in [4.69, 9.17) is 18.9 Å². The van der Waals surface area contributed by atoms with Crippen LogP contribution in [0.15, 0.2) is 42.2 Å². The highest BCUT2D eigenvalue weighted by Gasteiger charge is 2.28. The van der Waals surface area contributed by atoms with Crippen LogP contribution in [0.2, 0.25) is 0 Å². The lowest BCUT2D eigenvalue weighted by Crippen LogP contribution is -2.25. The van der Waals surface area contributed by atoms with Crippen molar-refractivity contribution in [3.63, 3.8) is 0 Å². The Kier molecular flexibility index (Phi) is 5.54. The zero-order chi connectivity index (χ0) is 20.3. The molecule has 0 bridgehead atoms. The molecule has 0 unspecified atom stereocenters. The molecule has 0 amide bonds. The second kappa shape index (κ2) is 8.04. The number of hydrogen-bond acceptors (Lipinski definition) is 7. The van der Waals surface area contributed by atoms with Gasteiger partial charge >= 0.3 is 5.97 Å². The van der Waals surface area contributed by atoms with Crippen molar-refractivity contribution in [1.82, 2.24) is 0 Å². The van der Waals surface area contributed by atoms with Gasteiger partial charge in [0.1, 0.15) is 11.5 Å². The van der Waals surface area contributed by atoms with Crippen molar-refractivity contribution in [1.29, 1.82) is 0 Å². The molecule has 1 atom stereocenters. The number of carbonyl (C=O) groups excluding carboxylic acids is 2. The highest BCUT2D eigenvalue weighted by atomic mass is 16.6. The highest BCUT2D eigenvalue weighted by Crippen LogP contribution is 2.36. The van der Waals surface area contributed by atoms with E-state index in [1.165, 1.54) is 14.2 Å². The number of esters is 1. The van der Waals surface area contributed by atoms with Gasteiger partial charge in [-0.3, -0.25) is 4.79 Å². The molecule has 2 aromatic carbocycles. The molecule has 7 nitrogen and oxygen atoms in total. The van der Waals surface area contributed by atoms with E-state index in [0.717, 1.165) is 0 Å². The Morgan fingerprint density at radius 2 is 1.82 bits per heavy atom. The molecule has 1 heterocycles. The number of ketones is 1. The number of benzene rings is 2. The van der Waals surface area contributed by atoms with Crippen molar-refractivity contribution in [2.24, 2.45) is 0 Å². The van der Waals surface area contributed by atoms with E-state index >= 15 is 0 Å². The molecular weight excluding hydrogens is 364 g/mol. The summed E-state index contributed by atoms with van der Waals surface area (Å²) in [5.74, 6) is 1.35. The predicted molar refractivity (Wildman–Crippen MR) is 101 cm³/mol. The smallest absolute Gasteiger partial charge is 0.346 e. The zero-order valence-electron chi connectivity index (χ0n) is 16.0. The number of rotatable bonds is 6. The minimum atomic E-state index is -0.785. The summed E-state index contributed by atoms with van der Waals surface area (Å²) in [5.41, 5.74) is 1.16. The van der Waals surface area contributed by atoms with E-state index < -0.39 is 12.1 Å². The Bertz CT molecular complexity index is 946. The number of hydrogen-bond donors (Lipinski definition) is 0. The van der Waals surface area contributed by atoms with Crippen LogP contribution in [0.4, 0.5) is 0 Å². The van der Waals surface area contributed by atoms with Gasteiger partial charge in [0, 0.05) is 6.07 Å². The molecule has 0 saturated carbocycles. The Morgan fingerprint density at radius 1 is 1.04 bits per heavy atom. The van der Waals surface area contributed by atoms with E-state index in [2.05, 4.69) is 4.74 Å². The average Bonchev–Trinajstić information content (AvgIpc) is 3.02. The van der Waals surface area contributed by atoms with Crippen molar-refractivity contribution < 1.29 is 33.3 Å². The van der Waals surface area contributed by atoms with Crippen LogP contribution in [-0.4, -0.2) is 39.2 Å². The summed E-state index contributed by atoms with van der Waals surface area (Å²) < 4.78 is 26.4. The van der Waals surface area contributed by atoms with Gasteiger partial charge in [-0.05, 0) is 42.8 Å². The maximum atomic E-state index is 12.5. The summed E-state index contributed by atoms with van der Waals surface area (Å²) in [6.07, 6.45) is 0.831. The second-order valence-corrected chi connectivity index (χ2v) is 6.00. The monoisotopic (exact) mass is 384 g/mol. The molecule has 0 aliphatic carbocycles. The Labute approximate surface area is 162 Å². The van der Waals surface area contributed by atoms with Gasteiger partial charge in [-0.15, -0.1) is 0 Å². The van der Waals surface area contributed by atoms with E-state index in [0.29, 0.717) is 34.1 Å². The highest BCUT2D eigenvalue weighted by molar-refractivity contribution is 6.14. The Morgan fingerprint density at radius 3 is 2.50 bits per heavy atom. The summed E-state index contributed by atoms with van der Waals surface area (Å²) in [6.45, 7) is 1.58. The number of ether oxygens (including phenoxy) is 5. The van der Waals surface area contributed by atoms with Crippen LogP contribution in [0.1, 0.15) is 22.8 Å². The number of methoxy groups -OCH3 is 3. The van der Waals surface area contributed by atoms with Crippen LogP contribution in [-0.2, 0) is 9.53 Å². The first-order valence-corrected chi connectivity index (χ1v) is 8.51. The van der Waals surface area contributed by atoms with E-state index in [1.807, 2.05) is 0 Å². The van der Waals surface area contributed by atoms with Crippen molar-refractivity contribution >= 4 is 17.8 Å². The molecule has 7 heteroatoms. The summed E-state index contributed by atoms with van der Waals surface area (Å²) >= 11 is 0. The molecule has 1 aliphatic rings. The van der Waals surface area contributed by atoms with Gasteiger partial charge in [-0.25, -0.2) is 4.79 Å². The van der Waals surface area contributed by atoms with Gasteiger partial charge in [0.2, 0.25) is 5.78 Å². The number of carbonyl (C=O) groups is 2. The molecule has 0 radical (unpaired) electrons. The predicted octanol–water partition coefficient (Wildman–Crippen LogP) is 3.26. The van der Waals surface area contributed by atoms with Gasteiger partial charge in [0.25, 0.3) is 0 Å². The molecule has 146 valence electrons. The summed E-state index contributed by atoms with van der Waals surface area (Å²) in [7, 11) is 4.33. The largest absolute Gasteiger partial charge is 0.497 e. The summed E-state index contributed by atoms with van der Waals surface area (Å²) in [5, 5.41) is 0. The summed E-state index contributed by atoms with van der Waals surface area (Å²) in [6, 6.07) is 10.1. The maximum absolute atomic E-state index is 12.5. The Hall–Kier alpha value is -3.48. The van der Waals surface area contributed by atoms with E-state index in [-0.39, 0.29) is 11.5 Å². The molecule has 3 rings (SSSR count). The minimum absolute atomic E-state index is 0.196. The first kappa shape index (κ1) is 19.3. The van der Waals surface area contributed by atoms with Crippen LogP contribution in [0.25, 0.3) is 6.08 Å². The first-order chi connectivity index (χ1) is 13.5. The molecular formula is C21H20O7. The second-order valence-electron chi connectivity index (χ2n) is 6.00. The zero-order valence-corrected chi connectivity index (χ0v) is 16.0.